The van der Waals surface area contributed by atoms with Crippen molar-refractivity contribution >= 4 is 29.2 Å². The Morgan fingerprint density at radius 1 is 1.19 bits per heavy atom. The van der Waals surface area contributed by atoms with Crippen LogP contribution in [0.4, 0.5) is 19.0 Å². The molecule has 2 heterocycles. The van der Waals surface area contributed by atoms with Crippen LogP contribution in [0.1, 0.15) is 19.4 Å². The Kier molecular flexibility index (Phi) is 3.83. The molecule has 1 N–H and O–H groups in total. The minimum Gasteiger partial charge on any atom is -0.272 e. The number of carbonyl (C=O) groups excluding carboxylic acids is 2. The highest BCUT2D eigenvalue weighted by Crippen LogP contribution is 2.32. The molecule has 0 radical (unpaired) electrons. The number of hydrogen-bond donors (Lipinski definition) is 1. The number of imide groups is 1. The maximum absolute atomic E-state index is 12.7. The third-order valence-electron chi connectivity index (χ3n) is 3.32. The lowest BCUT2D eigenvalue weighted by atomic mass is 10.00. The van der Waals surface area contributed by atoms with Crippen molar-refractivity contribution in [2.45, 2.75) is 20.0 Å². The Morgan fingerprint density at radius 3 is 2.19 bits per heavy atom. The summed E-state index contributed by atoms with van der Waals surface area (Å²) in [6.45, 7) is 3.14. The first-order chi connectivity index (χ1) is 9.61. The number of aromatic nitrogens is 1. The first kappa shape index (κ1) is 15.6. The molecule has 2 amide bonds. The average Bonchev–Trinajstić information content (AvgIpc) is 2.55. The number of pyridine rings is 1. The smallest absolute Gasteiger partial charge is 0.272 e. The summed E-state index contributed by atoms with van der Waals surface area (Å²) < 4.78 is 38.0. The van der Waals surface area contributed by atoms with Gasteiger partial charge in [-0.1, -0.05) is 25.4 Å². The fraction of sp³-hybridized carbons (Fsp3) is 0.417. The van der Waals surface area contributed by atoms with Crippen molar-refractivity contribution < 1.29 is 22.8 Å². The van der Waals surface area contributed by atoms with E-state index in [0.717, 1.165) is 0 Å². The molecule has 21 heavy (non-hydrogen) atoms. The zero-order chi connectivity index (χ0) is 15.9. The third-order valence-corrected chi connectivity index (χ3v) is 3.51. The summed E-state index contributed by atoms with van der Waals surface area (Å²) in [6, 6.07) is 1.34. The highest BCUT2D eigenvalue weighted by atomic mass is 35.5. The zero-order valence-corrected chi connectivity index (χ0v) is 11.8. The molecule has 1 aromatic rings. The van der Waals surface area contributed by atoms with Crippen LogP contribution in [0.5, 0.6) is 0 Å². The highest BCUT2D eigenvalue weighted by Gasteiger charge is 2.43. The maximum atomic E-state index is 12.7. The van der Waals surface area contributed by atoms with Crippen molar-refractivity contribution in [3.63, 3.8) is 0 Å². The molecule has 0 aliphatic carbocycles. The van der Waals surface area contributed by atoms with Crippen molar-refractivity contribution in [2.24, 2.45) is 11.8 Å². The van der Waals surface area contributed by atoms with Gasteiger partial charge in [-0.2, -0.15) is 18.2 Å². The van der Waals surface area contributed by atoms with Crippen LogP contribution in [0.3, 0.4) is 0 Å². The molecule has 1 fully saturated rings. The highest BCUT2D eigenvalue weighted by molar-refractivity contribution is 6.29. The molecule has 0 spiro atoms. The van der Waals surface area contributed by atoms with Gasteiger partial charge in [-0.15, -0.1) is 0 Å². The van der Waals surface area contributed by atoms with Gasteiger partial charge >= 0.3 is 6.18 Å². The number of hydrazine groups is 1. The van der Waals surface area contributed by atoms with Crippen molar-refractivity contribution in [1.29, 1.82) is 0 Å². The second-order valence-electron chi connectivity index (χ2n) is 4.76. The van der Waals surface area contributed by atoms with E-state index in [4.69, 9.17) is 11.6 Å². The molecule has 2 unspecified atom stereocenters. The van der Waals surface area contributed by atoms with Crippen LogP contribution in [0.25, 0.3) is 0 Å². The number of halogens is 4. The Labute approximate surface area is 123 Å². The fourth-order valence-corrected chi connectivity index (χ4v) is 2.09. The van der Waals surface area contributed by atoms with Crippen molar-refractivity contribution in [3.8, 4) is 0 Å². The molecule has 2 atom stereocenters. The molecule has 9 heteroatoms. The number of nitrogens with zero attached hydrogens (tertiary/aromatic N) is 2. The van der Waals surface area contributed by atoms with Gasteiger partial charge in [-0.05, 0) is 12.1 Å². The minimum atomic E-state index is -4.61. The summed E-state index contributed by atoms with van der Waals surface area (Å²) in [7, 11) is 0. The Bertz CT molecular complexity index is 586. The first-order valence-electron chi connectivity index (χ1n) is 6.00. The number of anilines is 1. The molecule has 114 valence electrons. The lowest BCUT2D eigenvalue weighted by molar-refractivity contribution is -0.138. The number of carbonyl (C=O) groups is 2. The van der Waals surface area contributed by atoms with Crippen LogP contribution in [-0.4, -0.2) is 21.8 Å². The van der Waals surface area contributed by atoms with E-state index in [1.165, 1.54) is 0 Å². The number of nitrogens with one attached hydrogen (secondary N) is 1. The lowest BCUT2D eigenvalue weighted by Gasteiger charge is -2.17. The van der Waals surface area contributed by atoms with Gasteiger partial charge in [0, 0.05) is 11.8 Å². The first-order valence-corrected chi connectivity index (χ1v) is 6.38. The van der Waals surface area contributed by atoms with Gasteiger partial charge < -0.3 is 0 Å². The van der Waals surface area contributed by atoms with Gasteiger partial charge in [0.25, 0.3) is 11.8 Å². The molecular formula is C12H11ClF3N3O2. The Morgan fingerprint density at radius 2 is 1.71 bits per heavy atom. The summed E-state index contributed by atoms with van der Waals surface area (Å²) in [4.78, 5) is 27.4. The van der Waals surface area contributed by atoms with E-state index in [1.807, 2.05) is 0 Å². The normalized spacial score (nSPS) is 22.9. The van der Waals surface area contributed by atoms with Crippen LogP contribution >= 0.6 is 11.6 Å². The molecule has 1 aliphatic rings. The molecule has 0 bridgehead atoms. The van der Waals surface area contributed by atoms with Crippen LogP contribution in [-0.2, 0) is 15.8 Å². The average molecular weight is 322 g/mol. The number of alkyl halides is 3. The predicted octanol–water partition coefficient (Wildman–Crippen LogP) is 2.72. The minimum absolute atomic E-state index is 0.321. The Hall–Kier alpha value is -1.83. The molecule has 1 saturated heterocycles. The summed E-state index contributed by atoms with van der Waals surface area (Å²) in [5, 5.41) is 0.279. The van der Waals surface area contributed by atoms with E-state index in [2.05, 4.69) is 10.4 Å². The molecule has 0 aromatic carbocycles. The number of hydrogen-bond acceptors (Lipinski definition) is 4. The maximum Gasteiger partial charge on any atom is 0.416 e. The Balaban J connectivity index is 2.30. The van der Waals surface area contributed by atoms with E-state index < -0.39 is 40.5 Å². The topological polar surface area (TPSA) is 62.3 Å². The lowest BCUT2D eigenvalue weighted by Crippen LogP contribution is -2.36. The zero-order valence-electron chi connectivity index (χ0n) is 11.0. The number of rotatable bonds is 2. The fourth-order valence-electron chi connectivity index (χ4n) is 1.89. The molecule has 5 nitrogen and oxygen atoms in total. The number of amides is 2. The van der Waals surface area contributed by atoms with E-state index in [0.29, 0.717) is 17.1 Å². The molecule has 1 aromatic heterocycles. The summed E-state index contributed by atoms with van der Waals surface area (Å²) in [5.74, 6) is -2.47. The van der Waals surface area contributed by atoms with Gasteiger partial charge in [0.2, 0.25) is 0 Å². The standard InChI is InChI=1S/C12H11ClF3N3O2/c1-5-6(2)11(21)19(10(5)20)18-9-4-7(12(14,15)16)3-8(13)17-9/h3-6H,1-2H3,(H,17,18). The molecule has 0 saturated carbocycles. The van der Waals surface area contributed by atoms with Crippen LogP contribution in [0, 0.1) is 11.8 Å². The van der Waals surface area contributed by atoms with E-state index >= 15 is 0 Å². The van der Waals surface area contributed by atoms with Gasteiger partial charge in [0.1, 0.15) is 11.0 Å². The third kappa shape index (κ3) is 2.94. The van der Waals surface area contributed by atoms with Gasteiger partial charge in [0.15, 0.2) is 0 Å². The molecule has 2 rings (SSSR count). The SMILES string of the molecule is CC1C(=O)N(Nc2cc(C(F)(F)F)cc(Cl)n2)C(=O)C1C. The van der Waals surface area contributed by atoms with Crippen LogP contribution in [0.15, 0.2) is 12.1 Å². The van der Waals surface area contributed by atoms with Crippen molar-refractivity contribution in [3.05, 3.63) is 22.8 Å². The van der Waals surface area contributed by atoms with Gasteiger partial charge in [0.05, 0.1) is 5.56 Å². The monoisotopic (exact) mass is 321 g/mol. The second-order valence-corrected chi connectivity index (χ2v) is 5.15. The largest absolute Gasteiger partial charge is 0.416 e. The summed E-state index contributed by atoms with van der Waals surface area (Å²) >= 11 is 5.53. The molecular weight excluding hydrogens is 311 g/mol. The van der Waals surface area contributed by atoms with Crippen molar-refractivity contribution in [1.82, 2.24) is 9.99 Å². The van der Waals surface area contributed by atoms with E-state index in [9.17, 15) is 22.8 Å². The quantitative estimate of drug-likeness (QED) is 0.672. The van der Waals surface area contributed by atoms with Crippen LogP contribution in [0.2, 0.25) is 5.15 Å². The molecule has 1 aliphatic heterocycles. The van der Waals surface area contributed by atoms with E-state index in [1.54, 1.807) is 13.8 Å². The summed E-state index contributed by atoms with van der Waals surface area (Å²) in [6.07, 6.45) is -4.61. The predicted molar refractivity (Wildman–Crippen MR) is 68.1 cm³/mol. The van der Waals surface area contributed by atoms with Crippen LogP contribution < -0.4 is 5.43 Å². The van der Waals surface area contributed by atoms with Crippen molar-refractivity contribution in [2.75, 3.05) is 5.43 Å². The summed E-state index contributed by atoms with van der Waals surface area (Å²) in [5.41, 5.74) is 1.27. The van der Waals surface area contributed by atoms with Gasteiger partial charge in [-0.3, -0.25) is 15.0 Å². The van der Waals surface area contributed by atoms with E-state index in [-0.39, 0.29) is 5.82 Å². The second kappa shape index (κ2) is 5.18. The van der Waals surface area contributed by atoms with Gasteiger partial charge in [-0.25, -0.2) is 4.98 Å².